The molecule has 0 saturated heterocycles. The first-order valence-electron chi connectivity index (χ1n) is 7.10. The van der Waals surface area contributed by atoms with Gasteiger partial charge in [0.05, 0.1) is 11.6 Å². The summed E-state index contributed by atoms with van der Waals surface area (Å²) in [4.78, 5) is 14.5. The molecule has 1 aliphatic heterocycles. The van der Waals surface area contributed by atoms with E-state index in [0.717, 1.165) is 18.7 Å². The highest BCUT2D eigenvalue weighted by Crippen LogP contribution is 2.34. The molecule has 2 N–H and O–H groups in total. The van der Waals surface area contributed by atoms with Gasteiger partial charge in [0.25, 0.3) is 5.91 Å². The van der Waals surface area contributed by atoms with E-state index in [9.17, 15) is 15.0 Å². The summed E-state index contributed by atoms with van der Waals surface area (Å²) in [6.45, 7) is 3.37. The molecule has 0 radical (unpaired) electrons. The summed E-state index contributed by atoms with van der Waals surface area (Å²) in [5.74, 6) is -0.865. The fraction of sp³-hybridized carbons (Fsp3) is 0.312. The molecule has 0 saturated carbocycles. The van der Waals surface area contributed by atoms with Crippen LogP contribution in [-0.4, -0.2) is 32.1 Å². The first-order chi connectivity index (χ1) is 10.1. The molecule has 1 atom stereocenters. The number of rotatable bonds is 2. The van der Waals surface area contributed by atoms with Crippen LogP contribution in [0.25, 0.3) is 0 Å². The molecule has 0 fully saturated rings. The number of aromatic hydroxyl groups is 2. The number of phenolic OH excluding ortho intramolecular Hbond substituents is 2. The summed E-state index contributed by atoms with van der Waals surface area (Å²) >= 11 is 0. The van der Waals surface area contributed by atoms with E-state index in [1.807, 2.05) is 25.3 Å². The number of carbonyl (C=O) groups excluding carboxylic acids is 1. The molecule has 2 heterocycles. The lowest BCUT2D eigenvalue weighted by Gasteiger charge is -2.36. The number of aromatic nitrogens is 1. The Morgan fingerprint density at radius 2 is 2.05 bits per heavy atom. The minimum Gasteiger partial charge on any atom is -0.504 e. The second kappa shape index (κ2) is 5.16. The predicted octanol–water partition coefficient (Wildman–Crippen LogP) is 2.51. The molecule has 1 aromatic heterocycles. The maximum atomic E-state index is 12.7. The first kappa shape index (κ1) is 13.5. The van der Waals surface area contributed by atoms with E-state index in [1.165, 1.54) is 12.1 Å². The lowest BCUT2D eigenvalue weighted by molar-refractivity contribution is 0.0614. The Hall–Kier alpha value is -2.43. The van der Waals surface area contributed by atoms with Crippen molar-refractivity contribution >= 4 is 5.91 Å². The van der Waals surface area contributed by atoms with Crippen LogP contribution in [-0.2, 0) is 6.54 Å². The molecule has 0 aliphatic carbocycles. The average Bonchev–Trinajstić information content (AvgIpc) is 2.96. The Labute approximate surface area is 123 Å². The Kier molecular flexibility index (Phi) is 3.33. The summed E-state index contributed by atoms with van der Waals surface area (Å²) in [7, 11) is 0. The van der Waals surface area contributed by atoms with Gasteiger partial charge < -0.3 is 19.7 Å². The van der Waals surface area contributed by atoms with E-state index >= 15 is 0 Å². The summed E-state index contributed by atoms with van der Waals surface area (Å²) in [6, 6.07) is 8.47. The number of carbonyl (C=O) groups is 1. The number of nitrogens with zero attached hydrogens (tertiary/aromatic N) is 2. The van der Waals surface area contributed by atoms with Gasteiger partial charge in [0.2, 0.25) is 0 Å². The van der Waals surface area contributed by atoms with Gasteiger partial charge in [0.15, 0.2) is 11.5 Å². The highest BCUT2D eigenvalue weighted by molar-refractivity contribution is 5.97. The number of para-hydroxylation sites is 1. The van der Waals surface area contributed by atoms with Crippen LogP contribution in [0.3, 0.4) is 0 Å². The largest absolute Gasteiger partial charge is 0.504 e. The molecule has 110 valence electrons. The zero-order chi connectivity index (χ0) is 15.0. The average molecular weight is 286 g/mol. The molecule has 3 rings (SSSR count). The van der Waals surface area contributed by atoms with Crippen LogP contribution in [0.2, 0.25) is 0 Å². The van der Waals surface area contributed by atoms with Crippen molar-refractivity contribution in [2.24, 2.45) is 0 Å². The van der Waals surface area contributed by atoms with Crippen molar-refractivity contribution < 1.29 is 15.0 Å². The molecule has 5 heteroatoms. The van der Waals surface area contributed by atoms with Gasteiger partial charge in [-0.3, -0.25) is 4.79 Å². The SMILES string of the molecule is CC[C@@H]1c2cccn2CCN1C(=O)c1cccc(O)c1O. The van der Waals surface area contributed by atoms with Crippen LogP contribution in [0.4, 0.5) is 0 Å². The molecule has 1 aromatic carbocycles. The van der Waals surface area contributed by atoms with Gasteiger partial charge in [-0.15, -0.1) is 0 Å². The molecule has 0 unspecified atom stereocenters. The zero-order valence-corrected chi connectivity index (χ0v) is 11.9. The maximum absolute atomic E-state index is 12.7. The van der Waals surface area contributed by atoms with Gasteiger partial charge in [0, 0.05) is 25.0 Å². The van der Waals surface area contributed by atoms with E-state index in [-0.39, 0.29) is 29.0 Å². The predicted molar refractivity (Wildman–Crippen MR) is 78.3 cm³/mol. The fourth-order valence-corrected chi connectivity index (χ4v) is 3.00. The topological polar surface area (TPSA) is 65.7 Å². The number of hydrogen-bond donors (Lipinski definition) is 2. The van der Waals surface area contributed by atoms with Crippen LogP contribution in [0, 0.1) is 0 Å². The minimum atomic E-state index is -0.349. The van der Waals surface area contributed by atoms with Gasteiger partial charge in [-0.2, -0.15) is 0 Å². The summed E-state index contributed by atoms with van der Waals surface area (Å²) < 4.78 is 2.15. The molecule has 0 spiro atoms. The van der Waals surface area contributed by atoms with Crippen LogP contribution in [0.1, 0.15) is 35.4 Å². The van der Waals surface area contributed by atoms with E-state index in [2.05, 4.69) is 4.57 Å². The zero-order valence-electron chi connectivity index (χ0n) is 11.9. The second-order valence-corrected chi connectivity index (χ2v) is 5.22. The number of hydrogen-bond acceptors (Lipinski definition) is 3. The van der Waals surface area contributed by atoms with Gasteiger partial charge >= 0.3 is 0 Å². The highest BCUT2D eigenvalue weighted by atomic mass is 16.3. The molecule has 5 nitrogen and oxygen atoms in total. The molecule has 2 aromatic rings. The van der Waals surface area contributed by atoms with Crippen molar-refractivity contribution in [3.63, 3.8) is 0 Å². The van der Waals surface area contributed by atoms with Crippen molar-refractivity contribution in [3.8, 4) is 11.5 Å². The molecular formula is C16H18N2O3. The molecule has 21 heavy (non-hydrogen) atoms. The Balaban J connectivity index is 1.97. The summed E-state index contributed by atoms with van der Waals surface area (Å²) in [5, 5.41) is 19.5. The van der Waals surface area contributed by atoms with E-state index in [0.29, 0.717) is 6.54 Å². The molecular weight excluding hydrogens is 268 g/mol. The normalized spacial score (nSPS) is 17.6. The quantitative estimate of drug-likeness (QED) is 0.834. The third-order valence-corrected chi connectivity index (χ3v) is 4.06. The monoisotopic (exact) mass is 286 g/mol. The van der Waals surface area contributed by atoms with Crippen molar-refractivity contribution in [1.82, 2.24) is 9.47 Å². The van der Waals surface area contributed by atoms with Crippen molar-refractivity contribution in [2.45, 2.75) is 25.9 Å². The van der Waals surface area contributed by atoms with E-state index in [4.69, 9.17) is 0 Å². The number of amides is 1. The molecule has 1 aliphatic rings. The standard InChI is InChI=1S/C16H18N2O3/c1-2-12-13-6-4-8-17(13)9-10-18(12)16(21)11-5-3-7-14(19)15(11)20/h3-8,12,19-20H,2,9-10H2,1H3/t12-/m1/s1. The van der Waals surface area contributed by atoms with Crippen molar-refractivity contribution in [2.75, 3.05) is 6.54 Å². The molecule has 1 amide bonds. The lowest BCUT2D eigenvalue weighted by atomic mass is 10.0. The Bertz CT molecular complexity index is 678. The molecule has 0 bridgehead atoms. The second-order valence-electron chi connectivity index (χ2n) is 5.22. The smallest absolute Gasteiger partial charge is 0.258 e. The summed E-state index contributed by atoms with van der Waals surface area (Å²) in [5.41, 5.74) is 1.25. The van der Waals surface area contributed by atoms with Crippen molar-refractivity contribution in [3.05, 3.63) is 47.8 Å². The lowest BCUT2D eigenvalue weighted by Crippen LogP contribution is -2.41. The van der Waals surface area contributed by atoms with E-state index < -0.39 is 0 Å². The van der Waals surface area contributed by atoms with Crippen LogP contribution < -0.4 is 0 Å². The van der Waals surface area contributed by atoms with Gasteiger partial charge in [-0.1, -0.05) is 13.0 Å². The van der Waals surface area contributed by atoms with Crippen LogP contribution >= 0.6 is 0 Å². The minimum absolute atomic E-state index is 0.0111. The first-order valence-corrected chi connectivity index (χ1v) is 7.10. The number of benzene rings is 1. The van der Waals surface area contributed by atoms with Gasteiger partial charge in [0.1, 0.15) is 0 Å². The number of fused-ring (bicyclic) bond motifs is 1. The van der Waals surface area contributed by atoms with Crippen molar-refractivity contribution in [1.29, 1.82) is 0 Å². The third kappa shape index (κ3) is 2.14. The van der Waals surface area contributed by atoms with Crippen LogP contribution in [0.5, 0.6) is 11.5 Å². The Morgan fingerprint density at radius 1 is 1.24 bits per heavy atom. The summed E-state index contributed by atoms with van der Waals surface area (Å²) in [6.07, 6.45) is 2.82. The fourth-order valence-electron chi connectivity index (χ4n) is 3.00. The maximum Gasteiger partial charge on any atom is 0.258 e. The third-order valence-electron chi connectivity index (χ3n) is 4.06. The highest BCUT2D eigenvalue weighted by Gasteiger charge is 2.31. The van der Waals surface area contributed by atoms with Gasteiger partial charge in [-0.05, 0) is 30.7 Å². The van der Waals surface area contributed by atoms with Crippen LogP contribution in [0.15, 0.2) is 36.5 Å². The van der Waals surface area contributed by atoms with E-state index in [1.54, 1.807) is 11.0 Å². The Morgan fingerprint density at radius 3 is 2.81 bits per heavy atom. The number of phenols is 2. The van der Waals surface area contributed by atoms with Gasteiger partial charge in [-0.25, -0.2) is 0 Å².